The second-order valence-corrected chi connectivity index (χ2v) is 5.37. The van der Waals surface area contributed by atoms with Crippen LogP contribution in [0.15, 0.2) is 42.5 Å². The predicted octanol–water partition coefficient (Wildman–Crippen LogP) is 2.85. The molecule has 0 fully saturated rings. The minimum Gasteiger partial charge on any atom is -0.496 e. The predicted molar refractivity (Wildman–Crippen MR) is 89.9 cm³/mol. The molecular weight excluding hydrogens is 290 g/mol. The van der Waals surface area contributed by atoms with Gasteiger partial charge in [-0.15, -0.1) is 0 Å². The van der Waals surface area contributed by atoms with E-state index in [0.29, 0.717) is 12.1 Å². The quantitative estimate of drug-likeness (QED) is 0.761. The zero-order valence-corrected chi connectivity index (χ0v) is 13.2. The van der Waals surface area contributed by atoms with Gasteiger partial charge in [0.05, 0.1) is 18.1 Å². The minimum absolute atomic E-state index is 0.0888. The number of carbonyl (C=O) groups is 1. The largest absolute Gasteiger partial charge is 0.496 e. The number of nitrogens with zero attached hydrogens (tertiary/aromatic N) is 1. The Morgan fingerprint density at radius 3 is 2.91 bits per heavy atom. The Balaban J connectivity index is 1.64. The molecule has 0 atom stereocenters. The number of para-hydroxylation sites is 1. The van der Waals surface area contributed by atoms with Gasteiger partial charge in [0, 0.05) is 12.1 Å². The van der Waals surface area contributed by atoms with Crippen molar-refractivity contribution in [3.05, 3.63) is 59.4 Å². The summed E-state index contributed by atoms with van der Waals surface area (Å²) in [6, 6.07) is 13.3. The number of hydrogen-bond acceptors (Lipinski definition) is 3. The molecule has 0 radical (unpaired) electrons. The van der Waals surface area contributed by atoms with Gasteiger partial charge in [-0.3, -0.25) is 4.79 Å². The van der Waals surface area contributed by atoms with Crippen LogP contribution in [0.5, 0.6) is 5.75 Å². The number of imidazole rings is 1. The summed E-state index contributed by atoms with van der Waals surface area (Å²) < 4.78 is 5.31. The van der Waals surface area contributed by atoms with Gasteiger partial charge < -0.3 is 15.0 Å². The van der Waals surface area contributed by atoms with Crippen molar-refractivity contribution in [2.75, 3.05) is 13.7 Å². The van der Waals surface area contributed by atoms with Crippen molar-refractivity contribution in [3.8, 4) is 5.75 Å². The summed E-state index contributed by atoms with van der Waals surface area (Å²) in [5, 5.41) is 2.94. The number of hydrogen-bond donors (Lipinski definition) is 2. The summed E-state index contributed by atoms with van der Waals surface area (Å²) in [6.45, 7) is 2.45. The number of nitrogens with one attached hydrogen (secondary N) is 2. The number of H-pyrrole nitrogens is 1. The van der Waals surface area contributed by atoms with Crippen LogP contribution in [0, 0.1) is 6.92 Å². The van der Waals surface area contributed by atoms with Gasteiger partial charge in [0.25, 0.3) is 5.91 Å². The summed E-state index contributed by atoms with van der Waals surface area (Å²) in [5.74, 6) is 1.60. The molecular formula is C18H19N3O2. The summed E-state index contributed by atoms with van der Waals surface area (Å²) in [5.41, 5.74) is 3.45. The molecule has 0 saturated heterocycles. The van der Waals surface area contributed by atoms with Gasteiger partial charge in [-0.2, -0.15) is 0 Å². The van der Waals surface area contributed by atoms with Crippen LogP contribution in [0.2, 0.25) is 0 Å². The summed E-state index contributed by atoms with van der Waals surface area (Å²) in [4.78, 5) is 19.7. The van der Waals surface area contributed by atoms with E-state index in [1.807, 2.05) is 43.3 Å². The van der Waals surface area contributed by atoms with E-state index in [1.54, 1.807) is 13.2 Å². The number of fused-ring (bicyclic) bond motifs is 1. The van der Waals surface area contributed by atoms with Gasteiger partial charge in [0.1, 0.15) is 11.6 Å². The highest BCUT2D eigenvalue weighted by atomic mass is 16.5. The van der Waals surface area contributed by atoms with Gasteiger partial charge in [0.15, 0.2) is 0 Å². The lowest BCUT2D eigenvalue weighted by Gasteiger charge is -2.09. The number of benzene rings is 2. The van der Waals surface area contributed by atoms with Crippen molar-refractivity contribution in [2.45, 2.75) is 13.3 Å². The van der Waals surface area contributed by atoms with Crippen molar-refractivity contribution in [1.29, 1.82) is 0 Å². The number of carbonyl (C=O) groups excluding carboxylic acids is 1. The Hall–Kier alpha value is -2.82. The number of aryl methyl sites for hydroxylation is 1. The number of ether oxygens (including phenoxy) is 1. The lowest BCUT2D eigenvalue weighted by Crippen LogP contribution is -2.25. The Morgan fingerprint density at radius 2 is 2.09 bits per heavy atom. The van der Waals surface area contributed by atoms with Crippen molar-refractivity contribution in [3.63, 3.8) is 0 Å². The molecule has 2 aromatic carbocycles. The Labute approximate surface area is 134 Å². The second-order valence-electron chi connectivity index (χ2n) is 5.37. The SMILES string of the molecule is COc1ccccc1CCNC(=O)c1ccc2nc(C)[nH]c2c1. The highest BCUT2D eigenvalue weighted by molar-refractivity contribution is 5.97. The van der Waals surface area contributed by atoms with E-state index in [4.69, 9.17) is 4.74 Å². The molecule has 0 aliphatic rings. The first-order chi connectivity index (χ1) is 11.2. The molecule has 1 aromatic heterocycles. The number of aromatic nitrogens is 2. The maximum Gasteiger partial charge on any atom is 0.251 e. The van der Waals surface area contributed by atoms with Gasteiger partial charge in [-0.1, -0.05) is 18.2 Å². The number of aromatic amines is 1. The molecule has 0 bridgehead atoms. The molecule has 5 heteroatoms. The Morgan fingerprint density at radius 1 is 1.26 bits per heavy atom. The van der Waals surface area contributed by atoms with E-state index >= 15 is 0 Å². The zero-order chi connectivity index (χ0) is 16.2. The zero-order valence-electron chi connectivity index (χ0n) is 13.2. The highest BCUT2D eigenvalue weighted by Gasteiger charge is 2.08. The van der Waals surface area contributed by atoms with Crippen LogP contribution in [0.3, 0.4) is 0 Å². The lowest BCUT2D eigenvalue weighted by molar-refractivity contribution is 0.0954. The van der Waals surface area contributed by atoms with Crippen LogP contribution in [0.25, 0.3) is 11.0 Å². The highest BCUT2D eigenvalue weighted by Crippen LogP contribution is 2.17. The normalized spacial score (nSPS) is 10.7. The first kappa shape index (κ1) is 15.1. The fraction of sp³-hybridized carbons (Fsp3) is 0.222. The molecule has 0 spiro atoms. The maximum atomic E-state index is 12.3. The maximum absolute atomic E-state index is 12.3. The van der Waals surface area contributed by atoms with Crippen molar-refractivity contribution in [2.24, 2.45) is 0 Å². The molecule has 1 heterocycles. The van der Waals surface area contributed by atoms with E-state index < -0.39 is 0 Å². The lowest BCUT2D eigenvalue weighted by atomic mass is 10.1. The molecule has 0 unspecified atom stereocenters. The summed E-state index contributed by atoms with van der Waals surface area (Å²) >= 11 is 0. The Bertz CT molecular complexity index is 839. The van der Waals surface area contributed by atoms with Crippen LogP contribution in [-0.4, -0.2) is 29.5 Å². The first-order valence-electron chi connectivity index (χ1n) is 7.54. The van der Waals surface area contributed by atoms with Crippen LogP contribution >= 0.6 is 0 Å². The molecule has 118 valence electrons. The van der Waals surface area contributed by atoms with E-state index in [2.05, 4.69) is 15.3 Å². The third-order valence-corrected chi connectivity index (χ3v) is 3.73. The Kier molecular flexibility index (Phi) is 4.28. The fourth-order valence-corrected chi connectivity index (χ4v) is 2.60. The van der Waals surface area contributed by atoms with E-state index in [1.165, 1.54) is 0 Å². The topological polar surface area (TPSA) is 67.0 Å². The number of methoxy groups -OCH3 is 1. The molecule has 0 aliphatic heterocycles. The summed E-state index contributed by atoms with van der Waals surface area (Å²) in [6.07, 6.45) is 0.723. The molecule has 0 saturated carbocycles. The monoisotopic (exact) mass is 309 g/mol. The van der Waals surface area contributed by atoms with Crippen LogP contribution in [0.1, 0.15) is 21.7 Å². The molecule has 2 N–H and O–H groups in total. The molecule has 23 heavy (non-hydrogen) atoms. The molecule has 1 amide bonds. The van der Waals surface area contributed by atoms with E-state index in [9.17, 15) is 4.79 Å². The van der Waals surface area contributed by atoms with Crippen molar-refractivity contribution < 1.29 is 9.53 Å². The second kappa shape index (κ2) is 6.52. The summed E-state index contributed by atoms with van der Waals surface area (Å²) in [7, 11) is 1.65. The van der Waals surface area contributed by atoms with Gasteiger partial charge >= 0.3 is 0 Å². The standard InChI is InChI=1S/C18H19N3O2/c1-12-20-15-8-7-14(11-16(15)21-12)18(22)19-10-9-13-5-3-4-6-17(13)23-2/h3-8,11H,9-10H2,1-2H3,(H,19,22)(H,20,21). The third kappa shape index (κ3) is 3.34. The fourth-order valence-electron chi connectivity index (χ4n) is 2.60. The van der Waals surface area contributed by atoms with Crippen LogP contribution in [-0.2, 0) is 6.42 Å². The minimum atomic E-state index is -0.0888. The molecule has 3 rings (SSSR count). The number of amides is 1. The van der Waals surface area contributed by atoms with Crippen LogP contribution < -0.4 is 10.1 Å². The van der Waals surface area contributed by atoms with Gasteiger partial charge in [0.2, 0.25) is 0 Å². The van der Waals surface area contributed by atoms with Gasteiger partial charge in [-0.05, 0) is 43.2 Å². The molecule has 0 aliphatic carbocycles. The number of rotatable bonds is 5. The average molecular weight is 309 g/mol. The average Bonchev–Trinajstić information content (AvgIpc) is 2.94. The third-order valence-electron chi connectivity index (χ3n) is 3.73. The van der Waals surface area contributed by atoms with Crippen molar-refractivity contribution in [1.82, 2.24) is 15.3 Å². The van der Waals surface area contributed by atoms with Crippen LogP contribution in [0.4, 0.5) is 0 Å². The first-order valence-corrected chi connectivity index (χ1v) is 7.54. The molecule has 3 aromatic rings. The van der Waals surface area contributed by atoms with Gasteiger partial charge in [-0.25, -0.2) is 4.98 Å². The smallest absolute Gasteiger partial charge is 0.251 e. The van der Waals surface area contributed by atoms with E-state index in [0.717, 1.165) is 34.6 Å². The molecule has 5 nitrogen and oxygen atoms in total. The van der Waals surface area contributed by atoms with Crippen molar-refractivity contribution >= 4 is 16.9 Å². The van der Waals surface area contributed by atoms with E-state index in [-0.39, 0.29) is 5.91 Å².